The second-order valence-electron chi connectivity index (χ2n) is 5.20. The summed E-state index contributed by atoms with van der Waals surface area (Å²) in [7, 11) is 1.59. The van der Waals surface area contributed by atoms with Crippen LogP contribution in [0.5, 0.6) is 5.88 Å². The van der Waals surface area contributed by atoms with E-state index in [2.05, 4.69) is 15.1 Å². The minimum Gasteiger partial charge on any atom is -0.481 e. The smallest absolute Gasteiger partial charge is 0.228 e. The van der Waals surface area contributed by atoms with Crippen LogP contribution >= 0.6 is 0 Å². The third-order valence-corrected chi connectivity index (χ3v) is 3.52. The van der Waals surface area contributed by atoms with Gasteiger partial charge >= 0.3 is 0 Å². The van der Waals surface area contributed by atoms with E-state index in [0.717, 1.165) is 5.56 Å². The Labute approximate surface area is 117 Å². The number of hydrogen-bond acceptors (Lipinski definition) is 6. The highest BCUT2D eigenvalue weighted by atomic mass is 16.5. The molecule has 3 rings (SSSR count). The monoisotopic (exact) mass is 274 g/mol. The molecule has 6 heteroatoms. The Balaban J connectivity index is 1.60. The topological polar surface area (TPSA) is 87.1 Å². The molecule has 2 aromatic rings. The highest BCUT2D eigenvalue weighted by molar-refractivity contribution is 5.20. The molecule has 0 aliphatic heterocycles. The van der Waals surface area contributed by atoms with Crippen LogP contribution in [0, 0.1) is 5.92 Å². The van der Waals surface area contributed by atoms with Crippen molar-refractivity contribution >= 4 is 0 Å². The first-order chi connectivity index (χ1) is 9.74. The fraction of sp³-hybridized carbons (Fsp3) is 0.500. The third-order valence-electron chi connectivity index (χ3n) is 3.52. The van der Waals surface area contributed by atoms with Gasteiger partial charge in [0.05, 0.1) is 7.11 Å². The van der Waals surface area contributed by atoms with Crippen molar-refractivity contribution in [2.45, 2.75) is 31.7 Å². The van der Waals surface area contributed by atoms with E-state index in [-0.39, 0.29) is 6.04 Å². The largest absolute Gasteiger partial charge is 0.481 e. The van der Waals surface area contributed by atoms with Gasteiger partial charge in [-0.3, -0.25) is 0 Å². The van der Waals surface area contributed by atoms with E-state index in [1.807, 2.05) is 12.1 Å². The summed E-state index contributed by atoms with van der Waals surface area (Å²) in [5.41, 5.74) is 7.07. The predicted molar refractivity (Wildman–Crippen MR) is 72.3 cm³/mol. The molecule has 1 atom stereocenters. The van der Waals surface area contributed by atoms with Crippen LogP contribution in [0.4, 0.5) is 0 Å². The van der Waals surface area contributed by atoms with Crippen LogP contribution < -0.4 is 10.5 Å². The van der Waals surface area contributed by atoms with Crippen LogP contribution in [0.3, 0.4) is 0 Å². The van der Waals surface area contributed by atoms with Crippen molar-refractivity contribution in [3.05, 3.63) is 35.6 Å². The van der Waals surface area contributed by atoms with Crippen LogP contribution in [0.25, 0.3) is 0 Å². The normalized spacial score (nSPS) is 16.1. The van der Waals surface area contributed by atoms with Crippen molar-refractivity contribution in [1.29, 1.82) is 0 Å². The number of rotatable bonds is 6. The number of pyridine rings is 1. The highest BCUT2D eigenvalue weighted by Gasteiger charge is 2.29. The summed E-state index contributed by atoms with van der Waals surface area (Å²) in [5.74, 6) is 2.52. The van der Waals surface area contributed by atoms with E-state index in [1.54, 1.807) is 13.3 Å². The van der Waals surface area contributed by atoms with Gasteiger partial charge in [0.25, 0.3) is 0 Å². The standard InChI is InChI=1S/C14H18N4O2/c1-19-13-5-2-9(8-16-13)6-12-17-14(20-18-12)7-11(15)10-3-4-10/h2,5,8,10-11H,3-4,6-7,15H2,1H3. The predicted octanol–water partition coefficient (Wildman–Crippen LogP) is 1.34. The van der Waals surface area contributed by atoms with Gasteiger partial charge < -0.3 is 15.0 Å². The molecule has 0 radical (unpaired) electrons. The zero-order valence-electron chi connectivity index (χ0n) is 11.5. The first-order valence-electron chi connectivity index (χ1n) is 6.80. The van der Waals surface area contributed by atoms with Gasteiger partial charge in [0.15, 0.2) is 5.82 Å². The Morgan fingerprint density at radius 3 is 2.95 bits per heavy atom. The van der Waals surface area contributed by atoms with Crippen molar-refractivity contribution in [3.8, 4) is 5.88 Å². The third kappa shape index (κ3) is 3.14. The molecule has 1 aliphatic rings. The first kappa shape index (κ1) is 13.1. The molecule has 1 unspecified atom stereocenters. The molecule has 0 spiro atoms. The number of aromatic nitrogens is 3. The fourth-order valence-electron chi connectivity index (χ4n) is 2.16. The van der Waals surface area contributed by atoms with Gasteiger partial charge in [0.2, 0.25) is 11.8 Å². The van der Waals surface area contributed by atoms with Crippen LogP contribution in [0.2, 0.25) is 0 Å². The number of hydrogen-bond donors (Lipinski definition) is 1. The van der Waals surface area contributed by atoms with Crippen LogP contribution in [0.1, 0.15) is 30.1 Å². The summed E-state index contributed by atoms with van der Waals surface area (Å²) in [4.78, 5) is 8.53. The summed E-state index contributed by atoms with van der Waals surface area (Å²) in [6.07, 6.45) is 5.46. The lowest BCUT2D eigenvalue weighted by molar-refractivity contribution is 0.359. The molecule has 2 heterocycles. The quantitative estimate of drug-likeness (QED) is 0.855. The van der Waals surface area contributed by atoms with E-state index in [1.165, 1.54) is 12.8 Å². The molecule has 0 amide bonds. The molecule has 6 nitrogen and oxygen atoms in total. The molecule has 2 aromatic heterocycles. The van der Waals surface area contributed by atoms with Gasteiger partial charge in [-0.15, -0.1) is 0 Å². The van der Waals surface area contributed by atoms with Gasteiger partial charge in [-0.1, -0.05) is 11.2 Å². The van der Waals surface area contributed by atoms with E-state index in [0.29, 0.717) is 36.4 Å². The van der Waals surface area contributed by atoms with Crippen LogP contribution in [-0.4, -0.2) is 28.3 Å². The molecule has 0 saturated heterocycles. The van der Waals surface area contributed by atoms with Crippen molar-refractivity contribution in [3.63, 3.8) is 0 Å². The average molecular weight is 274 g/mol. The average Bonchev–Trinajstić information content (AvgIpc) is 3.23. The van der Waals surface area contributed by atoms with Gasteiger partial charge in [-0.25, -0.2) is 4.98 Å². The Bertz CT molecular complexity index is 563. The minimum absolute atomic E-state index is 0.144. The molecule has 106 valence electrons. The molecule has 20 heavy (non-hydrogen) atoms. The van der Waals surface area contributed by atoms with Gasteiger partial charge in [-0.2, -0.15) is 4.98 Å². The van der Waals surface area contributed by atoms with Crippen molar-refractivity contribution < 1.29 is 9.26 Å². The molecule has 1 aliphatic carbocycles. The Morgan fingerprint density at radius 2 is 2.30 bits per heavy atom. The molecule has 2 N–H and O–H groups in total. The van der Waals surface area contributed by atoms with Gasteiger partial charge in [-0.05, 0) is 24.3 Å². The number of nitrogens with two attached hydrogens (primary N) is 1. The molecular weight excluding hydrogens is 256 g/mol. The Hall–Kier alpha value is -1.95. The van der Waals surface area contributed by atoms with Crippen LogP contribution in [-0.2, 0) is 12.8 Å². The lowest BCUT2D eigenvalue weighted by Crippen LogP contribution is -2.25. The van der Waals surface area contributed by atoms with E-state index < -0.39 is 0 Å². The lowest BCUT2D eigenvalue weighted by atomic mass is 10.1. The number of methoxy groups -OCH3 is 1. The fourth-order valence-corrected chi connectivity index (χ4v) is 2.16. The molecule has 1 saturated carbocycles. The minimum atomic E-state index is 0.144. The number of ether oxygens (including phenoxy) is 1. The van der Waals surface area contributed by atoms with Gasteiger partial charge in [0.1, 0.15) is 0 Å². The van der Waals surface area contributed by atoms with Gasteiger partial charge in [0, 0.05) is 31.1 Å². The maximum atomic E-state index is 6.05. The Morgan fingerprint density at radius 1 is 1.45 bits per heavy atom. The lowest BCUT2D eigenvalue weighted by Gasteiger charge is -2.04. The summed E-state index contributed by atoms with van der Waals surface area (Å²) >= 11 is 0. The summed E-state index contributed by atoms with van der Waals surface area (Å²) in [6, 6.07) is 3.91. The highest BCUT2D eigenvalue weighted by Crippen LogP contribution is 2.32. The van der Waals surface area contributed by atoms with Crippen molar-refractivity contribution in [1.82, 2.24) is 15.1 Å². The molecular formula is C14H18N4O2. The zero-order valence-corrected chi connectivity index (χ0v) is 11.5. The van der Waals surface area contributed by atoms with Crippen molar-refractivity contribution in [2.75, 3.05) is 7.11 Å². The zero-order chi connectivity index (χ0) is 13.9. The summed E-state index contributed by atoms with van der Waals surface area (Å²) in [6.45, 7) is 0. The number of nitrogens with zero attached hydrogens (tertiary/aromatic N) is 3. The second-order valence-corrected chi connectivity index (χ2v) is 5.20. The summed E-state index contributed by atoms with van der Waals surface area (Å²) < 4.78 is 10.3. The van der Waals surface area contributed by atoms with E-state index in [4.69, 9.17) is 15.0 Å². The maximum Gasteiger partial charge on any atom is 0.228 e. The molecule has 1 fully saturated rings. The maximum absolute atomic E-state index is 6.05. The van der Waals surface area contributed by atoms with Crippen LogP contribution in [0.15, 0.2) is 22.9 Å². The Kier molecular flexibility index (Phi) is 3.64. The summed E-state index contributed by atoms with van der Waals surface area (Å²) in [5, 5.41) is 3.99. The second kappa shape index (κ2) is 5.58. The van der Waals surface area contributed by atoms with Crippen molar-refractivity contribution in [2.24, 2.45) is 11.7 Å². The van der Waals surface area contributed by atoms with E-state index >= 15 is 0 Å². The van der Waals surface area contributed by atoms with E-state index in [9.17, 15) is 0 Å². The SMILES string of the molecule is COc1ccc(Cc2noc(CC(N)C3CC3)n2)cn1. The molecule has 0 aromatic carbocycles. The first-order valence-corrected chi connectivity index (χ1v) is 6.80. The molecule has 0 bridgehead atoms.